The number of fused-ring (bicyclic) bond motifs is 1. The van der Waals surface area contributed by atoms with Crippen molar-refractivity contribution in [3.63, 3.8) is 0 Å². The first-order valence-electron chi connectivity index (χ1n) is 9.70. The van der Waals surface area contributed by atoms with Crippen LogP contribution in [0.4, 0.5) is 5.69 Å². The van der Waals surface area contributed by atoms with Gasteiger partial charge in [-0.15, -0.1) is 0 Å². The predicted molar refractivity (Wildman–Crippen MR) is 125 cm³/mol. The number of carbonyl (C=O) groups excluding carboxylic acids is 1. The topological polar surface area (TPSA) is 66.3 Å². The van der Waals surface area contributed by atoms with E-state index < -0.39 is 0 Å². The second-order valence-electron chi connectivity index (χ2n) is 7.35. The van der Waals surface area contributed by atoms with Crippen molar-refractivity contribution in [3.8, 4) is 5.69 Å². The third kappa shape index (κ3) is 3.71. The molecule has 2 aliphatic heterocycles. The minimum atomic E-state index is -0.181. The standard InChI is InChI=1S/C21H20N6OS2/c1-25-8-10-26(11-9-25)15-3-5-16(6-4-15)27-13-22-17-7-2-14(23-19(17)27)12-18-20(28)24-21(29)30-18/h2-7,12-13H,8-11H2,1H3,(H,24,28,29)/b18-12-. The molecule has 5 rings (SSSR count). The van der Waals surface area contributed by atoms with Gasteiger partial charge >= 0.3 is 0 Å². The number of hydrogen-bond donors (Lipinski definition) is 1. The summed E-state index contributed by atoms with van der Waals surface area (Å²) in [6.45, 7) is 4.24. The smallest absolute Gasteiger partial charge is 0.263 e. The van der Waals surface area contributed by atoms with Gasteiger partial charge in [-0.1, -0.05) is 24.0 Å². The van der Waals surface area contributed by atoms with Crippen molar-refractivity contribution in [2.24, 2.45) is 0 Å². The van der Waals surface area contributed by atoms with Crippen LogP contribution in [0.15, 0.2) is 47.6 Å². The molecule has 0 radical (unpaired) electrons. The Bertz CT molecular complexity index is 1160. The Kier molecular flexibility index (Phi) is 5.01. The number of hydrogen-bond acceptors (Lipinski definition) is 7. The molecule has 0 saturated carbocycles. The zero-order chi connectivity index (χ0) is 20.7. The highest BCUT2D eigenvalue weighted by Crippen LogP contribution is 2.26. The number of pyridine rings is 1. The van der Waals surface area contributed by atoms with Crippen molar-refractivity contribution in [1.82, 2.24) is 24.8 Å². The lowest BCUT2D eigenvalue weighted by Crippen LogP contribution is -2.44. The second kappa shape index (κ2) is 7.82. The number of nitrogens with zero attached hydrogens (tertiary/aromatic N) is 5. The molecule has 3 aromatic rings. The van der Waals surface area contributed by atoms with Gasteiger partial charge in [-0.3, -0.25) is 9.36 Å². The van der Waals surface area contributed by atoms with Crippen LogP contribution in [0.1, 0.15) is 5.69 Å². The van der Waals surface area contributed by atoms with Crippen LogP contribution in [0.25, 0.3) is 22.9 Å². The van der Waals surface area contributed by atoms with Crippen LogP contribution in [0.5, 0.6) is 0 Å². The van der Waals surface area contributed by atoms with Gasteiger partial charge in [-0.05, 0) is 49.5 Å². The number of rotatable bonds is 3. The molecule has 0 atom stereocenters. The summed E-state index contributed by atoms with van der Waals surface area (Å²) in [5, 5.41) is 2.63. The largest absolute Gasteiger partial charge is 0.369 e. The number of amides is 1. The second-order valence-corrected chi connectivity index (χ2v) is 9.07. The number of imidazole rings is 1. The minimum Gasteiger partial charge on any atom is -0.369 e. The Labute approximate surface area is 183 Å². The number of anilines is 1. The zero-order valence-electron chi connectivity index (χ0n) is 16.4. The minimum absolute atomic E-state index is 0.181. The number of likely N-dealkylation sites (N-methyl/N-ethyl adjacent to an activating group) is 1. The summed E-state index contributed by atoms with van der Waals surface area (Å²) in [4.78, 5) is 26.4. The lowest BCUT2D eigenvalue weighted by atomic mass is 10.2. The highest BCUT2D eigenvalue weighted by atomic mass is 32.2. The zero-order valence-corrected chi connectivity index (χ0v) is 18.0. The van der Waals surface area contributed by atoms with E-state index in [1.165, 1.54) is 17.4 Å². The van der Waals surface area contributed by atoms with Crippen LogP contribution < -0.4 is 10.2 Å². The molecule has 1 amide bonds. The van der Waals surface area contributed by atoms with Crippen molar-refractivity contribution in [3.05, 3.63) is 53.3 Å². The van der Waals surface area contributed by atoms with E-state index in [0.717, 1.165) is 43.0 Å². The van der Waals surface area contributed by atoms with Crippen molar-refractivity contribution in [1.29, 1.82) is 0 Å². The van der Waals surface area contributed by atoms with Crippen LogP contribution >= 0.6 is 24.0 Å². The fourth-order valence-corrected chi connectivity index (χ4v) is 4.65. The Balaban J connectivity index is 1.44. The van der Waals surface area contributed by atoms with Gasteiger partial charge in [0.15, 0.2) is 5.65 Å². The molecular weight excluding hydrogens is 416 g/mol. The molecule has 4 heterocycles. The molecule has 1 aromatic carbocycles. The lowest BCUT2D eigenvalue weighted by molar-refractivity contribution is -0.115. The van der Waals surface area contributed by atoms with Crippen molar-refractivity contribution >= 4 is 57.1 Å². The maximum absolute atomic E-state index is 11.9. The first-order chi connectivity index (χ1) is 14.6. The fourth-order valence-electron chi connectivity index (χ4n) is 3.62. The monoisotopic (exact) mass is 436 g/mol. The number of piperazine rings is 1. The van der Waals surface area contributed by atoms with E-state index in [1.807, 2.05) is 16.7 Å². The maximum Gasteiger partial charge on any atom is 0.263 e. The quantitative estimate of drug-likeness (QED) is 0.500. The highest BCUT2D eigenvalue weighted by Gasteiger charge is 2.22. The van der Waals surface area contributed by atoms with Gasteiger partial charge in [0, 0.05) is 37.6 Å². The SMILES string of the molecule is CN1CCN(c2ccc(-n3cnc4ccc(/C=C5\SC(=S)NC5=O)nc43)cc2)CC1. The first kappa shape index (κ1) is 19.2. The van der Waals surface area contributed by atoms with E-state index >= 15 is 0 Å². The fraction of sp³-hybridized carbons (Fsp3) is 0.238. The third-order valence-corrected chi connectivity index (χ3v) is 6.50. The Morgan fingerprint density at radius 2 is 1.80 bits per heavy atom. The molecular formula is C21H20N6OS2. The summed E-state index contributed by atoms with van der Waals surface area (Å²) in [6, 6.07) is 12.3. The molecule has 2 saturated heterocycles. The van der Waals surface area contributed by atoms with Gasteiger partial charge in [-0.2, -0.15) is 0 Å². The summed E-state index contributed by atoms with van der Waals surface area (Å²) in [5.41, 5.74) is 4.49. The van der Waals surface area contributed by atoms with E-state index in [0.29, 0.717) is 14.9 Å². The molecule has 0 aliphatic carbocycles. The molecule has 2 fully saturated rings. The summed E-state index contributed by atoms with van der Waals surface area (Å²) in [6.07, 6.45) is 3.54. The molecule has 30 heavy (non-hydrogen) atoms. The van der Waals surface area contributed by atoms with Gasteiger partial charge in [0.25, 0.3) is 5.91 Å². The first-order valence-corrected chi connectivity index (χ1v) is 10.9. The number of nitrogens with one attached hydrogen (secondary N) is 1. The van der Waals surface area contributed by atoms with E-state index in [9.17, 15) is 4.79 Å². The van der Waals surface area contributed by atoms with Crippen LogP contribution in [-0.4, -0.2) is 62.9 Å². The predicted octanol–water partition coefficient (Wildman–Crippen LogP) is 2.66. The summed E-state index contributed by atoms with van der Waals surface area (Å²) >= 11 is 6.30. The van der Waals surface area contributed by atoms with Gasteiger partial charge in [-0.25, -0.2) is 9.97 Å². The highest BCUT2D eigenvalue weighted by molar-refractivity contribution is 8.26. The average Bonchev–Trinajstić information content (AvgIpc) is 3.31. The molecule has 7 nitrogen and oxygen atoms in total. The normalized spacial score (nSPS) is 19.1. The number of aromatic nitrogens is 3. The summed E-state index contributed by atoms with van der Waals surface area (Å²) in [7, 11) is 2.16. The van der Waals surface area contributed by atoms with Crippen LogP contribution in [0, 0.1) is 0 Å². The summed E-state index contributed by atoms with van der Waals surface area (Å²) in [5.74, 6) is -0.181. The van der Waals surface area contributed by atoms with Crippen molar-refractivity contribution < 1.29 is 4.79 Å². The third-order valence-electron chi connectivity index (χ3n) is 5.33. The lowest BCUT2D eigenvalue weighted by Gasteiger charge is -2.34. The van der Waals surface area contributed by atoms with E-state index in [1.54, 1.807) is 12.4 Å². The van der Waals surface area contributed by atoms with Crippen LogP contribution in [-0.2, 0) is 4.79 Å². The molecule has 9 heteroatoms. The van der Waals surface area contributed by atoms with Gasteiger partial charge in [0.2, 0.25) is 0 Å². The van der Waals surface area contributed by atoms with Crippen LogP contribution in [0.3, 0.4) is 0 Å². The molecule has 0 spiro atoms. The van der Waals surface area contributed by atoms with Gasteiger partial charge < -0.3 is 15.1 Å². The summed E-state index contributed by atoms with van der Waals surface area (Å²) < 4.78 is 2.44. The Hall–Kier alpha value is -2.75. The molecule has 0 bridgehead atoms. The van der Waals surface area contributed by atoms with Crippen molar-refractivity contribution in [2.75, 3.05) is 38.1 Å². The molecule has 0 unspecified atom stereocenters. The number of benzene rings is 1. The number of thioether (sulfide) groups is 1. The van der Waals surface area contributed by atoms with E-state index in [2.05, 4.69) is 51.4 Å². The van der Waals surface area contributed by atoms with Gasteiger partial charge in [0.1, 0.15) is 16.2 Å². The molecule has 1 N–H and O–H groups in total. The molecule has 2 aromatic heterocycles. The number of carbonyl (C=O) groups is 1. The van der Waals surface area contributed by atoms with Crippen LogP contribution in [0.2, 0.25) is 0 Å². The van der Waals surface area contributed by atoms with Crippen molar-refractivity contribution in [2.45, 2.75) is 0 Å². The van der Waals surface area contributed by atoms with Gasteiger partial charge in [0.05, 0.1) is 10.6 Å². The Morgan fingerprint density at radius 3 is 2.50 bits per heavy atom. The number of thiocarbonyl (C=S) groups is 1. The van der Waals surface area contributed by atoms with E-state index in [-0.39, 0.29) is 5.91 Å². The molecule has 152 valence electrons. The van der Waals surface area contributed by atoms with E-state index in [4.69, 9.17) is 17.2 Å². The molecule has 2 aliphatic rings. The maximum atomic E-state index is 11.9. The Morgan fingerprint density at radius 1 is 1.07 bits per heavy atom. The average molecular weight is 437 g/mol.